The highest BCUT2D eigenvalue weighted by molar-refractivity contribution is 5.97. The molecule has 1 N–H and O–H groups in total. The van der Waals surface area contributed by atoms with Gasteiger partial charge in [-0.2, -0.15) is 0 Å². The zero-order valence-electron chi connectivity index (χ0n) is 15.4. The number of hydrogen-bond acceptors (Lipinski definition) is 4. The van der Waals surface area contributed by atoms with E-state index in [1.165, 1.54) is 63.8 Å². The summed E-state index contributed by atoms with van der Waals surface area (Å²) in [6.07, 6.45) is 7.68. The average Bonchev–Trinajstić information content (AvgIpc) is 2.59. The van der Waals surface area contributed by atoms with Crippen molar-refractivity contribution in [1.82, 2.24) is 5.32 Å². The standard InChI is InChI=1S/C20H26N2O4/c1-12(20-9-13-5-14(10-20)7-15(6-13)11-20)21-19(23)17-8-16(22(24)25)3-4-18(17)26-2/h3-4,8,12-15H,5-7,9-11H2,1-2H3,(H,21,23)/t12-,13?,14?,15?,20?/m0/s1. The van der Waals surface area contributed by atoms with E-state index in [4.69, 9.17) is 4.74 Å². The van der Waals surface area contributed by atoms with Crippen LogP contribution in [0.25, 0.3) is 0 Å². The van der Waals surface area contributed by atoms with Crippen molar-refractivity contribution in [3.8, 4) is 5.75 Å². The minimum Gasteiger partial charge on any atom is -0.496 e. The molecule has 1 aromatic rings. The lowest BCUT2D eigenvalue weighted by Gasteiger charge is -2.59. The van der Waals surface area contributed by atoms with E-state index in [1.807, 2.05) is 0 Å². The van der Waals surface area contributed by atoms with E-state index in [1.54, 1.807) is 0 Å². The number of nitrogens with zero attached hydrogens (tertiary/aromatic N) is 1. The third-order valence-corrected chi connectivity index (χ3v) is 6.99. The fourth-order valence-electron chi connectivity index (χ4n) is 6.12. The Hall–Kier alpha value is -2.11. The summed E-state index contributed by atoms with van der Waals surface area (Å²) in [6.45, 7) is 2.11. The maximum Gasteiger partial charge on any atom is 0.270 e. The molecular formula is C20H26N2O4. The Bertz CT molecular complexity index is 710. The van der Waals surface area contributed by atoms with Crippen LogP contribution in [0.5, 0.6) is 5.75 Å². The Morgan fingerprint density at radius 2 is 1.81 bits per heavy atom. The molecule has 4 saturated carbocycles. The number of nitrogens with one attached hydrogen (secondary N) is 1. The first-order valence-electron chi connectivity index (χ1n) is 9.53. The summed E-state index contributed by atoms with van der Waals surface area (Å²) < 4.78 is 5.25. The van der Waals surface area contributed by atoms with Crippen LogP contribution in [-0.2, 0) is 0 Å². The Labute approximate surface area is 153 Å². The minimum absolute atomic E-state index is 0.0624. The molecular weight excluding hydrogens is 332 g/mol. The zero-order valence-corrected chi connectivity index (χ0v) is 15.4. The third-order valence-electron chi connectivity index (χ3n) is 6.99. The average molecular weight is 358 g/mol. The maximum atomic E-state index is 12.9. The Balaban J connectivity index is 1.55. The van der Waals surface area contributed by atoms with Gasteiger partial charge in [0.15, 0.2) is 0 Å². The summed E-state index contributed by atoms with van der Waals surface area (Å²) in [5, 5.41) is 14.2. The first kappa shape index (κ1) is 17.3. The molecule has 0 aliphatic heterocycles. The molecule has 1 aromatic carbocycles. The van der Waals surface area contributed by atoms with Crippen molar-refractivity contribution in [1.29, 1.82) is 0 Å². The molecule has 1 amide bonds. The Morgan fingerprint density at radius 1 is 1.23 bits per heavy atom. The van der Waals surface area contributed by atoms with Gasteiger partial charge in [-0.25, -0.2) is 0 Å². The number of methoxy groups -OCH3 is 1. The van der Waals surface area contributed by atoms with E-state index < -0.39 is 4.92 Å². The molecule has 0 radical (unpaired) electrons. The summed E-state index contributed by atoms with van der Waals surface area (Å²) >= 11 is 0. The van der Waals surface area contributed by atoms with Crippen LogP contribution in [0, 0.1) is 33.3 Å². The molecule has 0 saturated heterocycles. The topological polar surface area (TPSA) is 81.5 Å². The van der Waals surface area contributed by atoms with Gasteiger partial charge in [0, 0.05) is 18.2 Å². The van der Waals surface area contributed by atoms with Crippen LogP contribution in [0.2, 0.25) is 0 Å². The number of non-ortho nitro benzene ring substituents is 1. The third kappa shape index (κ3) is 2.85. The van der Waals surface area contributed by atoms with Crippen molar-refractivity contribution >= 4 is 11.6 Å². The van der Waals surface area contributed by atoms with Gasteiger partial charge in [0.25, 0.3) is 11.6 Å². The second-order valence-corrected chi connectivity index (χ2v) is 8.62. The number of nitro benzene ring substituents is 1. The van der Waals surface area contributed by atoms with Crippen molar-refractivity contribution in [3.05, 3.63) is 33.9 Å². The highest BCUT2D eigenvalue weighted by atomic mass is 16.6. The molecule has 0 spiro atoms. The van der Waals surface area contributed by atoms with E-state index in [0.717, 1.165) is 17.8 Å². The van der Waals surface area contributed by atoms with Crippen LogP contribution in [0.4, 0.5) is 5.69 Å². The highest BCUT2D eigenvalue weighted by Gasteiger charge is 2.53. The summed E-state index contributed by atoms with van der Waals surface area (Å²) in [6, 6.07) is 4.22. The van der Waals surface area contributed by atoms with Gasteiger partial charge in [0.05, 0.1) is 17.6 Å². The van der Waals surface area contributed by atoms with Crippen LogP contribution in [0.3, 0.4) is 0 Å². The second-order valence-electron chi connectivity index (χ2n) is 8.62. The molecule has 1 atom stereocenters. The van der Waals surface area contributed by atoms with Crippen LogP contribution >= 0.6 is 0 Å². The fraction of sp³-hybridized carbons (Fsp3) is 0.650. The molecule has 0 heterocycles. The lowest BCUT2D eigenvalue weighted by atomic mass is 9.48. The van der Waals surface area contributed by atoms with Crippen LogP contribution in [0.1, 0.15) is 55.8 Å². The van der Waals surface area contributed by atoms with Crippen molar-refractivity contribution in [2.24, 2.45) is 23.2 Å². The van der Waals surface area contributed by atoms with E-state index in [-0.39, 0.29) is 28.6 Å². The van der Waals surface area contributed by atoms with Gasteiger partial charge in [0.2, 0.25) is 0 Å². The fourth-order valence-corrected chi connectivity index (χ4v) is 6.12. The van der Waals surface area contributed by atoms with Crippen molar-refractivity contribution in [3.63, 3.8) is 0 Å². The lowest BCUT2D eigenvalue weighted by Crippen LogP contribution is -2.55. The first-order valence-corrected chi connectivity index (χ1v) is 9.53. The summed E-state index contributed by atoms with van der Waals surface area (Å²) in [4.78, 5) is 23.5. The SMILES string of the molecule is COc1ccc([N+](=O)[O-])cc1C(=O)N[C@@H](C)C12CC3CC(CC(C3)C1)C2. The smallest absolute Gasteiger partial charge is 0.270 e. The largest absolute Gasteiger partial charge is 0.496 e. The normalized spacial score (nSPS) is 32.9. The molecule has 4 aliphatic rings. The molecule has 6 nitrogen and oxygen atoms in total. The predicted octanol–water partition coefficient (Wildman–Crippen LogP) is 3.94. The van der Waals surface area contributed by atoms with Gasteiger partial charge in [-0.05, 0) is 74.7 Å². The quantitative estimate of drug-likeness (QED) is 0.638. The molecule has 4 aliphatic carbocycles. The predicted molar refractivity (Wildman–Crippen MR) is 97.2 cm³/mol. The van der Waals surface area contributed by atoms with Crippen LogP contribution < -0.4 is 10.1 Å². The number of benzene rings is 1. The Kier molecular flexibility index (Phi) is 4.16. The first-order chi connectivity index (χ1) is 12.4. The number of nitro groups is 1. The van der Waals surface area contributed by atoms with E-state index in [9.17, 15) is 14.9 Å². The summed E-state index contributed by atoms with van der Waals surface area (Å²) in [5.41, 5.74) is 0.329. The number of amides is 1. The number of carbonyl (C=O) groups is 1. The van der Waals surface area contributed by atoms with E-state index >= 15 is 0 Å². The zero-order chi connectivity index (χ0) is 18.5. The van der Waals surface area contributed by atoms with Gasteiger partial charge >= 0.3 is 0 Å². The lowest BCUT2D eigenvalue weighted by molar-refractivity contribution is -0.384. The van der Waals surface area contributed by atoms with E-state index in [2.05, 4.69) is 12.2 Å². The van der Waals surface area contributed by atoms with Gasteiger partial charge in [-0.3, -0.25) is 14.9 Å². The second kappa shape index (κ2) is 6.25. The van der Waals surface area contributed by atoms with Gasteiger partial charge in [-0.1, -0.05) is 0 Å². The number of rotatable bonds is 5. The highest BCUT2D eigenvalue weighted by Crippen LogP contribution is 2.61. The van der Waals surface area contributed by atoms with Crippen LogP contribution in [0.15, 0.2) is 18.2 Å². The van der Waals surface area contributed by atoms with Gasteiger partial charge < -0.3 is 10.1 Å². The Morgan fingerprint density at radius 3 is 2.31 bits per heavy atom. The van der Waals surface area contributed by atoms with E-state index in [0.29, 0.717) is 5.75 Å². The number of hydrogen-bond donors (Lipinski definition) is 1. The maximum absolute atomic E-state index is 12.9. The number of carbonyl (C=O) groups excluding carboxylic acids is 1. The minimum atomic E-state index is -0.487. The van der Waals surface area contributed by atoms with Crippen molar-refractivity contribution < 1.29 is 14.5 Å². The molecule has 140 valence electrons. The van der Waals surface area contributed by atoms with Gasteiger partial charge in [-0.15, -0.1) is 0 Å². The molecule has 0 aromatic heterocycles. The molecule has 5 rings (SSSR count). The van der Waals surface area contributed by atoms with Gasteiger partial charge in [0.1, 0.15) is 5.75 Å². The van der Waals surface area contributed by atoms with Crippen LogP contribution in [-0.4, -0.2) is 24.0 Å². The summed E-state index contributed by atoms with van der Waals surface area (Å²) in [7, 11) is 1.47. The summed E-state index contributed by atoms with van der Waals surface area (Å²) in [5.74, 6) is 2.52. The molecule has 4 bridgehead atoms. The molecule has 6 heteroatoms. The van der Waals surface area contributed by atoms with Crippen molar-refractivity contribution in [2.75, 3.05) is 7.11 Å². The molecule has 0 unspecified atom stereocenters. The van der Waals surface area contributed by atoms with Crippen molar-refractivity contribution in [2.45, 2.75) is 51.5 Å². The molecule has 26 heavy (non-hydrogen) atoms. The molecule has 4 fully saturated rings. The monoisotopic (exact) mass is 358 g/mol. The number of ether oxygens (including phenoxy) is 1.